The summed E-state index contributed by atoms with van der Waals surface area (Å²) in [5, 5.41) is 27.0. The minimum absolute atomic E-state index is 0.0470. The standard InChI is InChI=1S/C43H47NO5S2/c1-29-10-9-22-42(2)38(21-23-43(42,47)28-44(51(3,48)49)27-33-14-8-13-31-11-4-6-15-35(31)33)36-20-18-30(24-34(45)19-17-29)25-37(36)41(46)40-26-32-12-5-7-16-39(32)50-40/h4-8,10-16,18,20,25-26,34,38,45,47H,9,17,19,21-24,27-28H2,1-3H3/t34-,38-,42-,43+/m0/s1. The van der Waals surface area contributed by atoms with Gasteiger partial charge in [-0.05, 0) is 109 Å². The molecule has 0 amide bonds. The number of fused-ring (bicyclic) bond motifs is 10. The summed E-state index contributed by atoms with van der Waals surface area (Å²) in [6.45, 7) is 4.29. The van der Waals surface area contributed by atoms with E-state index in [0.717, 1.165) is 44.0 Å². The molecule has 5 aromatic rings. The zero-order valence-electron chi connectivity index (χ0n) is 29.6. The second-order valence-corrected chi connectivity index (χ2v) is 18.2. The van der Waals surface area contributed by atoms with E-state index >= 15 is 0 Å². The van der Waals surface area contributed by atoms with Crippen LogP contribution in [0.1, 0.15) is 90.2 Å². The molecule has 1 saturated carbocycles. The molecule has 51 heavy (non-hydrogen) atoms. The van der Waals surface area contributed by atoms with Gasteiger partial charge >= 0.3 is 0 Å². The molecule has 4 aromatic carbocycles. The number of aliphatic hydroxyl groups is 2. The van der Waals surface area contributed by atoms with Gasteiger partial charge in [0.05, 0.1) is 22.8 Å². The Morgan fingerprint density at radius 1 is 0.941 bits per heavy atom. The fourth-order valence-electron chi connectivity index (χ4n) is 8.63. The number of thiophene rings is 1. The summed E-state index contributed by atoms with van der Waals surface area (Å²) >= 11 is 1.48. The van der Waals surface area contributed by atoms with Gasteiger partial charge in [0.25, 0.3) is 0 Å². The van der Waals surface area contributed by atoms with Crippen molar-refractivity contribution in [3.63, 3.8) is 0 Å². The molecular weight excluding hydrogens is 675 g/mol. The Kier molecular flexibility index (Phi) is 9.84. The van der Waals surface area contributed by atoms with Crippen LogP contribution in [0, 0.1) is 5.41 Å². The molecule has 0 radical (unpaired) electrons. The van der Waals surface area contributed by atoms with Gasteiger partial charge in [-0.2, -0.15) is 4.31 Å². The molecule has 3 aliphatic carbocycles. The quantitative estimate of drug-likeness (QED) is 0.129. The van der Waals surface area contributed by atoms with Crippen molar-refractivity contribution in [2.45, 2.75) is 83.0 Å². The van der Waals surface area contributed by atoms with E-state index < -0.39 is 27.1 Å². The van der Waals surface area contributed by atoms with E-state index in [1.54, 1.807) is 0 Å². The summed E-state index contributed by atoms with van der Waals surface area (Å²) in [6, 6.07) is 29.9. The van der Waals surface area contributed by atoms with Crippen molar-refractivity contribution in [1.82, 2.24) is 4.31 Å². The molecule has 4 atom stereocenters. The second-order valence-electron chi connectivity index (χ2n) is 15.1. The lowest BCUT2D eigenvalue weighted by molar-refractivity contribution is -0.0730. The van der Waals surface area contributed by atoms with Crippen LogP contribution >= 0.6 is 11.3 Å². The monoisotopic (exact) mass is 721 g/mol. The molecular formula is C43H47NO5S2. The minimum atomic E-state index is -3.72. The Bertz CT molecular complexity index is 2200. The number of carbonyl (C=O) groups excluding carboxylic acids is 1. The number of rotatable bonds is 7. The average molecular weight is 722 g/mol. The van der Waals surface area contributed by atoms with Crippen LogP contribution < -0.4 is 0 Å². The smallest absolute Gasteiger partial charge is 0.211 e. The van der Waals surface area contributed by atoms with Crippen molar-refractivity contribution in [1.29, 1.82) is 0 Å². The van der Waals surface area contributed by atoms with Gasteiger partial charge in [-0.3, -0.25) is 4.79 Å². The first kappa shape index (κ1) is 35.7. The molecule has 0 aliphatic heterocycles. The van der Waals surface area contributed by atoms with Gasteiger partial charge in [-0.1, -0.05) is 91.4 Å². The highest BCUT2D eigenvalue weighted by Gasteiger charge is 2.58. The molecule has 3 aliphatic rings. The number of carbonyl (C=O) groups is 1. The summed E-state index contributed by atoms with van der Waals surface area (Å²) in [6.07, 6.45) is 7.03. The third-order valence-corrected chi connectivity index (χ3v) is 14.0. The summed E-state index contributed by atoms with van der Waals surface area (Å²) in [4.78, 5) is 15.2. The lowest BCUT2D eigenvalue weighted by Gasteiger charge is -2.45. The van der Waals surface area contributed by atoms with Gasteiger partial charge in [0.1, 0.15) is 0 Å². The van der Waals surface area contributed by atoms with Crippen molar-refractivity contribution in [3.05, 3.63) is 130 Å². The number of hydrogen-bond donors (Lipinski definition) is 2. The maximum absolute atomic E-state index is 14.5. The van der Waals surface area contributed by atoms with E-state index in [0.29, 0.717) is 49.0 Å². The normalized spacial score (nSPS) is 24.5. The third kappa shape index (κ3) is 7.09. The first-order chi connectivity index (χ1) is 24.3. The predicted molar refractivity (Wildman–Crippen MR) is 208 cm³/mol. The topological polar surface area (TPSA) is 94.9 Å². The number of hydrogen-bond acceptors (Lipinski definition) is 6. The number of aliphatic hydroxyl groups excluding tert-OH is 1. The van der Waals surface area contributed by atoms with Crippen molar-refractivity contribution >= 4 is 48.0 Å². The second kappa shape index (κ2) is 14.1. The number of nitrogens with zero attached hydrogens (tertiary/aromatic N) is 1. The van der Waals surface area contributed by atoms with Crippen LogP contribution in [0.15, 0.2) is 103 Å². The molecule has 0 unspecified atom stereocenters. The van der Waals surface area contributed by atoms with Gasteiger partial charge in [0, 0.05) is 28.8 Å². The fourth-order valence-corrected chi connectivity index (χ4v) is 10.5. The number of benzene rings is 4. The van der Waals surface area contributed by atoms with E-state index in [2.05, 4.69) is 19.9 Å². The van der Waals surface area contributed by atoms with Crippen LogP contribution in [0.25, 0.3) is 20.9 Å². The molecule has 1 aromatic heterocycles. The molecule has 0 spiro atoms. The van der Waals surface area contributed by atoms with Crippen molar-refractivity contribution < 1.29 is 23.4 Å². The van der Waals surface area contributed by atoms with E-state index in [1.807, 2.05) is 91.0 Å². The maximum atomic E-state index is 14.5. The maximum Gasteiger partial charge on any atom is 0.211 e. The molecule has 266 valence electrons. The Morgan fingerprint density at radius 3 is 2.47 bits per heavy atom. The van der Waals surface area contributed by atoms with Gasteiger partial charge in [0.15, 0.2) is 0 Å². The van der Waals surface area contributed by atoms with Gasteiger partial charge < -0.3 is 10.2 Å². The van der Waals surface area contributed by atoms with E-state index in [-0.39, 0.29) is 24.8 Å². The van der Waals surface area contributed by atoms with Crippen LogP contribution in [-0.2, 0) is 23.0 Å². The zero-order valence-corrected chi connectivity index (χ0v) is 31.3. The van der Waals surface area contributed by atoms with Crippen LogP contribution in [0.3, 0.4) is 0 Å². The lowest BCUT2D eigenvalue weighted by atomic mass is 9.65. The molecule has 8 rings (SSSR count). The first-order valence-electron chi connectivity index (χ1n) is 18.0. The largest absolute Gasteiger partial charge is 0.393 e. The third-order valence-electron chi connectivity index (χ3n) is 11.7. The van der Waals surface area contributed by atoms with Crippen molar-refractivity contribution in [3.8, 4) is 0 Å². The molecule has 2 N–H and O–H groups in total. The molecule has 8 heteroatoms. The summed E-state index contributed by atoms with van der Waals surface area (Å²) in [7, 11) is -3.72. The van der Waals surface area contributed by atoms with Crippen LogP contribution in [0.5, 0.6) is 0 Å². The molecule has 2 bridgehead atoms. The number of ketones is 1. The van der Waals surface area contributed by atoms with Gasteiger partial charge in [-0.15, -0.1) is 11.3 Å². The van der Waals surface area contributed by atoms with Crippen molar-refractivity contribution in [2.75, 3.05) is 12.8 Å². The van der Waals surface area contributed by atoms with Gasteiger partial charge in [-0.25, -0.2) is 8.42 Å². The summed E-state index contributed by atoms with van der Waals surface area (Å²) < 4.78 is 29.5. The van der Waals surface area contributed by atoms with Crippen molar-refractivity contribution in [2.24, 2.45) is 5.41 Å². The van der Waals surface area contributed by atoms with Crippen LogP contribution in [0.4, 0.5) is 0 Å². The van der Waals surface area contributed by atoms with Crippen LogP contribution in [-0.4, -0.2) is 53.2 Å². The molecule has 6 nitrogen and oxygen atoms in total. The molecule has 0 saturated heterocycles. The predicted octanol–water partition coefficient (Wildman–Crippen LogP) is 8.79. The fraction of sp³-hybridized carbons (Fsp3) is 0.372. The van der Waals surface area contributed by atoms with E-state index in [4.69, 9.17) is 0 Å². The average Bonchev–Trinajstić information content (AvgIpc) is 3.65. The first-order valence-corrected chi connectivity index (χ1v) is 20.7. The Balaban J connectivity index is 1.32. The van der Waals surface area contributed by atoms with E-state index in [1.165, 1.54) is 27.5 Å². The Morgan fingerprint density at radius 2 is 1.69 bits per heavy atom. The molecule has 1 fully saturated rings. The lowest BCUT2D eigenvalue weighted by Crippen LogP contribution is -2.53. The number of allylic oxidation sites excluding steroid dienone is 2. The number of sulfonamides is 1. The zero-order chi connectivity index (χ0) is 36.0. The van der Waals surface area contributed by atoms with Gasteiger partial charge in [0.2, 0.25) is 15.8 Å². The SMILES string of the molecule is CC1=CCC[C@@]2(C)[C@@H](CC[C@@]2(O)CN(Cc2cccc3ccccc23)S(C)(=O)=O)c2ccc(cc2C(=O)c2cc3ccccc3s2)C[C@@H](O)CC1. The highest BCUT2D eigenvalue weighted by atomic mass is 32.2. The Labute approximate surface area is 305 Å². The highest BCUT2D eigenvalue weighted by Crippen LogP contribution is 2.59. The summed E-state index contributed by atoms with van der Waals surface area (Å²) in [5.74, 6) is -0.262. The molecule has 1 heterocycles. The minimum Gasteiger partial charge on any atom is -0.393 e. The Hall–Kier alpha value is -3.66. The summed E-state index contributed by atoms with van der Waals surface area (Å²) in [5.41, 5.74) is 2.35. The highest BCUT2D eigenvalue weighted by molar-refractivity contribution is 7.88. The van der Waals surface area contributed by atoms with E-state index in [9.17, 15) is 23.4 Å². The van der Waals surface area contributed by atoms with Crippen LogP contribution in [0.2, 0.25) is 0 Å².